The molecule has 0 aliphatic heterocycles. The summed E-state index contributed by atoms with van der Waals surface area (Å²) in [4.78, 5) is 0. The van der Waals surface area contributed by atoms with Crippen LogP contribution in [0.3, 0.4) is 0 Å². The van der Waals surface area contributed by atoms with E-state index in [1.165, 1.54) is 5.69 Å². The summed E-state index contributed by atoms with van der Waals surface area (Å²) in [5, 5.41) is 0. The van der Waals surface area contributed by atoms with Crippen molar-refractivity contribution in [3.05, 3.63) is 24.3 Å². The fourth-order valence-electron chi connectivity index (χ4n) is 2.42. The van der Waals surface area contributed by atoms with E-state index in [1.807, 2.05) is 12.1 Å². The van der Waals surface area contributed by atoms with Gasteiger partial charge in [0.05, 0.1) is 5.69 Å². The molecule has 0 heterocycles. The molecule has 1 aromatic carbocycles. The third-order valence-electron chi connectivity index (χ3n) is 2.52. The van der Waals surface area contributed by atoms with Gasteiger partial charge in [-0.1, -0.05) is 51.4 Å². The Labute approximate surface area is 102 Å². The Balaban J connectivity index is 3.29. The second kappa shape index (κ2) is 4.26. The van der Waals surface area contributed by atoms with Gasteiger partial charge in [-0.3, -0.25) is 0 Å². The van der Waals surface area contributed by atoms with Crippen LogP contribution in [-0.2, 0) is 0 Å². The zero-order valence-corrected chi connectivity index (χ0v) is 13.3. The van der Waals surface area contributed by atoms with Crippen LogP contribution in [0.1, 0.15) is 0 Å². The molecule has 0 aliphatic rings. The molecule has 4 heteroatoms. The standard InChI is InChI=1S/C12H24N2Si2/c1-15(2,3)14(16(4,5)6)12-10-8-7-9-11(12)13/h7-10H,13H2,1-6H3. The molecule has 0 saturated carbocycles. The highest BCUT2D eigenvalue weighted by Gasteiger charge is 2.35. The molecule has 0 unspecified atom stereocenters. The van der Waals surface area contributed by atoms with E-state index in [0.29, 0.717) is 0 Å². The van der Waals surface area contributed by atoms with Crippen molar-refractivity contribution in [2.24, 2.45) is 0 Å². The number of anilines is 2. The van der Waals surface area contributed by atoms with Gasteiger partial charge in [0.15, 0.2) is 0 Å². The summed E-state index contributed by atoms with van der Waals surface area (Å²) in [5.41, 5.74) is 8.26. The summed E-state index contributed by atoms with van der Waals surface area (Å²) >= 11 is 0. The van der Waals surface area contributed by atoms with Crippen molar-refractivity contribution in [3.63, 3.8) is 0 Å². The molecule has 0 saturated heterocycles. The van der Waals surface area contributed by atoms with Crippen molar-refractivity contribution in [1.29, 1.82) is 0 Å². The number of nitrogens with two attached hydrogens (primary N) is 1. The number of benzene rings is 1. The van der Waals surface area contributed by atoms with E-state index in [9.17, 15) is 0 Å². The summed E-state index contributed by atoms with van der Waals surface area (Å²) in [6.07, 6.45) is 0. The van der Waals surface area contributed by atoms with Crippen LogP contribution in [-0.4, -0.2) is 16.5 Å². The summed E-state index contributed by atoms with van der Waals surface area (Å²) in [6.45, 7) is 14.3. The Kier molecular flexibility index (Phi) is 3.54. The number of nitrogens with zero attached hydrogens (tertiary/aromatic N) is 1. The van der Waals surface area contributed by atoms with Gasteiger partial charge in [-0.15, -0.1) is 0 Å². The molecule has 0 bridgehead atoms. The highest BCUT2D eigenvalue weighted by molar-refractivity contribution is 6.99. The number of hydrogen-bond acceptors (Lipinski definition) is 2. The number of rotatable bonds is 3. The van der Waals surface area contributed by atoms with Crippen LogP contribution in [0.5, 0.6) is 0 Å². The fraction of sp³-hybridized carbons (Fsp3) is 0.500. The molecule has 0 radical (unpaired) electrons. The lowest BCUT2D eigenvalue weighted by atomic mass is 10.3. The van der Waals surface area contributed by atoms with Gasteiger partial charge < -0.3 is 9.96 Å². The van der Waals surface area contributed by atoms with Crippen molar-refractivity contribution < 1.29 is 0 Å². The fourth-order valence-corrected chi connectivity index (χ4v) is 12.3. The van der Waals surface area contributed by atoms with Gasteiger partial charge in [-0.25, -0.2) is 0 Å². The molecule has 16 heavy (non-hydrogen) atoms. The first-order chi connectivity index (χ1) is 7.14. The van der Waals surface area contributed by atoms with E-state index < -0.39 is 16.5 Å². The molecular formula is C12H24N2Si2. The van der Waals surface area contributed by atoms with Crippen LogP contribution in [0.2, 0.25) is 39.3 Å². The lowest BCUT2D eigenvalue weighted by molar-refractivity contribution is 1.35. The Hall–Kier alpha value is -0.746. The van der Waals surface area contributed by atoms with Crippen molar-refractivity contribution in [3.8, 4) is 0 Å². The summed E-state index contributed by atoms with van der Waals surface area (Å²) in [6, 6.07) is 8.25. The minimum absolute atomic E-state index is 0.910. The van der Waals surface area contributed by atoms with Gasteiger partial charge >= 0.3 is 0 Å². The predicted molar refractivity (Wildman–Crippen MR) is 80.0 cm³/mol. The maximum atomic E-state index is 6.12. The van der Waals surface area contributed by atoms with Crippen LogP contribution < -0.4 is 9.96 Å². The highest BCUT2D eigenvalue weighted by Crippen LogP contribution is 2.32. The molecule has 90 valence electrons. The lowest BCUT2D eigenvalue weighted by Crippen LogP contribution is -2.59. The average Bonchev–Trinajstić information content (AvgIpc) is 2.03. The van der Waals surface area contributed by atoms with Crippen molar-refractivity contribution in [2.45, 2.75) is 39.3 Å². The Morgan fingerprint density at radius 3 is 1.69 bits per heavy atom. The van der Waals surface area contributed by atoms with Crippen LogP contribution in [0.25, 0.3) is 0 Å². The molecule has 2 N–H and O–H groups in total. The van der Waals surface area contributed by atoms with E-state index in [1.54, 1.807) is 0 Å². The van der Waals surface area contributed by atoms with E-state index in [-0.39, 0.29) is 0 Å². The molecule has 0 spiro atoms. The molecular weight excluding hydrogens is 228 g/mol. The minimum atomic E-state index is -1.38. The Bertz CT molecular complexity index is 350. The van der Waals surface area contributed by atoms with Gasteiger partial charge in [-0.05, 0) is 12.1 Å². The van der Waals surface area contributed by atoms with Crippen molar-refractivity contribution >= 4 is 27.8 Å². The third-order valence-corrected chi connectivity index (χ3v) is 9.71. The molecule has 1 aromatic rings. The molecule has 0 atom stereocenters. The van der Waals surface area contributed by atoms with Crippen LogP contribution in [0.4, 0.5) is 11.4 Å². The average molecular weight is 253 g/mol. The maximum Gasteiger partial charge on any atom is 0.138 e. The van der Waals surface area contributed by atoms with Crippen LogP contribution >= 0.6 is 0 Å². The van der Waals surface area contributed by atoms with E-state index >= 15 is 0 Å². The van der Waals surface area contributed by atoms with Crippen LogP contribution in [0.15, 0.2) is 24.3 Å². The maximum absolute atomic E-state index is 6.12. The van der Waals surface area contributed by atoms with Crippen molar-refractivity contribution in [1.82, 2.24) is 0 Å². The molecule has 0 amide bonds. The first-order valence-corrected chi connectivity index (χ1v) is 12.7. The molecule has 0 aromatic heterocycles. The van der Waals surface area contributed by atoms with Gasteiger partial charge in [0.25, 0.3) is 0 Å². The SMILES string of the molecule is C[Si](C)(C)N(c1ccccc1N)[Si](C)(C)C. The van der Waals surface area contributed by atoms with Gasteiger partial charge in [0.2, 0.25) is 0 Å². The van der Waals surface area contributed by atoms with E-state index in [0.717, 1.165) is 5.69 Å². The van der Waals surface area contributed by atoms with E-state index in [2.05, 4.69) is 55.6 Å². The lowest BCUT2D eigenvalue weighted by Gasteiger charge is -2.46. The first kappa shape index (κ1) is 13.3. The monoisotopic (exact) mass is 252 g/mol. The largest absolute Gasteiger partial charge is 0.423 e. The first-order valence-electron chi connectivity index (χ1n) is 5.79. The molecule has 2 nitrogen and oxygen atoms in total. The number of hydrogen-bond donors (Lipinski definition) is 1. The topological polar surface area (TPSA) is 29.3 Å². The second-order valence-corrected chi connectivity index (χ2v) is 16.3. The van der Waals surface area contributed by atoms with Crippen LogP contribution in [0, 0.1) is 0 Å². The minimum Gasteiger partial charge on any atom is -0.423 e. The summed E-state index contributed by atoms with van der Waals surface area (Å²) < 4.78 is 2.65. The van der Waals surface area contributed by atoms with Gasteiger partial charge in [0.1, 0.15) is 16.5 Å². The zero-order valence-electron chi connectivity index (χ0n) is 11.3. The van der Waals surface area contributed by atoms with E-state index in [4.69, 9.17) is 5.73 Å². The molecule has 0 aliphatic carbocycles. The Morgan fingerprint density at radius 2 is 1.31 bits per heavy atom. The zero-order chi connectivity index (χ0) is 12.6. The van der Waals surface area contributed by atoms with Crippen molar-refractivity contribution in [2.75, 3.05) is 9.96 Å². The normalized spacial score (nSPS) is 12.6. The third kappa shape index (κ3) is 2.89. The molecule has 1 rings (SSSR count). The smallest absolute Gasteiger partial charge is 0.138 e. The number of para-hydroxylation sites is 2. The molecule has 0 fully saturated rings. The second-order valence-electron chi connectivity index (χ2n) is 6.24. The number of nitrogen functional groups attached to an aromatic ring is 1. The quantitative estimate of drug-likeness (QED) is 0.656. The van der Waals surface area contributed by atoms with Gasteiger partial charge in [-0.2, -0.15) is 0 Å². The van der Waals surface area contributed by atoms with Gasteiger partial charge in [0, 0.05) is 5.69 Å². The predicted octanol–water partition coefficient (Wildman–Crippen LogP) is 3.75. The summed E-state index contributed by atoms with van der Waals surface area (Å²) in [5.74, 6) is 0. The summed E-state index contributed by atoms with van der Waals surface area (Å²) in [7, 11) is -2.76. The highest BCUT2D eigenvalue weighted by atomic mass is 28.4. The Morgan fingerprint density at radius 1 is 0.875 bits per heavy atom.